The van der Waals surface area contributed by atoms with E-state index < -0.39 is 0 Å². The van der Waals surface area contributed by atoms with Gasteiger partial charge < -0.3 is 4.90 Å². The van der Waals surface area contributed by atoms with Crippen LogP contribution in [0.1, 0.15) is 17.5 Å². The van der Waals surface area contributed by atoms with E-state index >= 15 is 0 Å². The van der Waals surface area contributed by atoms with Crippen LogP contribution in [-0.4, -0.2) is 24.6 Å². The first kappa shape index (κ1) is 17.6. The van der Waals surface area contributed by atoms with E-state index in [4.69, 9.17) is 0 Å². The summed E-state index contributed by atoms with van der Waals surface area (Å²) in [5.74, 6) is -0.655. The molecule has 1 atom stereocenters. The summed E-state index contributed by atoms with van der Waals surface area (Å²) >= 11 is 2.23. The fourth-order valence-corrected chi connectivity index (χ4v) is 3.03. The van der Waals surface area contributed by atoms with Gasteiger partial charge >= 0.3 is 0 Å². The zero-order valence-corrected chi connectivity index (χ0v) is 15.9. The molecule has 2 aromatic carbocycles. The zero-order valence-electron chi connectivity index (χ0n) is 13.8. The number of benzene rings is 2. The molecule has 0 aliphatic carbocycles. The summed E-state index contributed by atoms with van der Waals surface area (Å²) in [4.78, 5) is 26.1. The van der Waals surface area contributed by atoms with Crippen molar-refractivity contribution in [2.75, 3.05) is 11.4 Å². The second-order valence-electron chi connectivity index (χ2n) is 6.03. The molecule has 1 N–H and O–H groups in total. The van der Waals surface area contributed by atoms with Crippen LogP contribution in [0, 0.1) is 16.4 Å². The molecule has 1 heterocycles. The van der Waals surface area contributed by atoms with Crippen LogP contribution in [0.3, 0.4) is 0 Å². The van der Waals surface area contributed by atoms with Gasteiger partial charge in [0.25, 0.3) is 0 Å². The minimum Gasteiger partial charge on any atom is -0.312 e. The zero-order chi connectivity index (χ0) is 17.8. The Hall–Kier alpha value is -2.22. The van der Waals surface area contributed by atoms with Gasteiger partial charge in [0.15, 0.2) is 0 Å². The molecule has 3 rings (SSSR count). The molecule has 1 saturated heterocycles. The summed E-state index contributed by atoms with van der Waals surface area (Å²) in [6, 6.07) is 15.5. The molecule has 2 amide bonds. The molecular formula is C19H18IN3O2. The van der Waals surface area contributed by atoms with E-state index in [1.165, 1.54) is 0 Å². The molecule has 5 nitrogen and oxygen atoms in total. The van der Waals surface area contributed by atoms with Gasteiger partial charge in [0.2, 0.25) is 11.8 Å². The highest BCUT2D eigenvalue weighted by Gasteiger charge is 2.35. The van der Waals surface area contributed by atoms with Crippen LogP contribution in [0.5, 0.6) is 0 Å². The Labute approximate surface area is 160 Å². The largest absolute Gasteiger partial charge is 0.312 e. The van der Waals surface area contributed by atoms with Gasteiger partial charge in [0.1, 0.15) is 0 Å². The molecule has 0 saturated carbocycles. The van der Waals surface area contributed by atoms with Gasteiger partial charge in [-0.05, 0) is 59.3 Å². The van der Waals surface area contributed by atoms with Gasteiger partial charge in [-0.25, -0.2) is 5.43 Å². The lowest BCUT2D eigenvalue weighted by Gasteiger charge is -2.16. The van der Waals surface area contributed by atoms with Crippen molar-refractivity contribution in [1.82, 2.24) is 5.43 Å². The summed E-state index contributed by atoms with van der Waals surface area (Å²) in [7, 11) is 0. The SMILES string of the molecule is Cc1ccc(N2C[C@H](C(=O)N/N=C\c3ccc(I)cc3)CC2=O)cc1. The quantitative estimate of drug-likeness (QED) is 0.445. The average molecular weight is 447 g/mol. The number of carbonyl (C=O) groups is 2. The maximum absolute atomic E-state index is 12.3. The number of hydrogen-bond donors (Lipinski definition) is 1. The molecule has 1 aliphatic heterocycles. The van der Waals surface area contributed by atoms with Crippen molar-refractivity contribution in [3.8, 4) is 0 Å². The van der Waals surface area contributed by atoms with E-state index in [-0.39, 0.29) is 24.2 Å². The van der Waals surface area contributed by atoms with Crippen LogP contribution in [0.4, 0.5) is 5.69 Å². The van der Waals surface area contributed by atoms with Crippen LogP contribution in [0.15, 0.2) is 53.6 Å². The normalized spacial score (nSPS) is 17.3. The molecule has 128 valence electrons. The number of carbonyl (C=O) groups excluding carboxylic acids is 2. The highest BCUT2D eigenvalue weighted by molar-refractivity contribution is 14.1. The second-order valence-corrected chi connectivity index (χ2v) is 7.27. The predicted octanol–water partition coefficient (Wildman–Crippen LogP) is 3.10. The van der Waals surface area contributed by atoms with Crippen molar-refractivity contribution in [3.05, 3.63) is 63.2 Å². The van der Waals surface area contributed by atoms with E-state index in [1.807, 2.05) is 55.5 Å². The molecule has 0 spiro atoms. The van der Waals surface area contributed by atoms with Gasteiger partial charge in [0, 0.05) is 22.2 Å². The van der Waals surface area contributed by atoms with Gasteiger partial charge in [0.05, 0.1) is 12.1 Å². The highest BCUT2D eigenvalue weighted by Crippen LogP contribution is 2.25. The third kappa shape index (κ3) is 4.45. The molecule has 2 aromatic rings. The highest BCUT2D eigenvalue weighted by atomic mass is 127. The van der Waals surface area contributed by atoms with E-state index in [0.717, 1.165) is 20.4 Å². The van der Waals surface area contributed by atoms with Crippen LogP contribution in [0.2, 0.25) is 0 Å². The summed E-state index contributed by atoms with van der Waals surface area (Å²) in [5, 5.41) is 3.99. The molecule has 0 radical (unpaired) electrons. The lowest BCUT2D eigenvalue weighted by Crippen LogP contribution is -2.30. The number of anilines is 1. The minimum absolute atomic E-state index is 0.0365. The van der Waals surface area contributed by atoms with Crippen molar-refractivity contribution in [1.29, 1.82) is 0 Å². The Morgan fingerprint density at radius 3 is 2.56 bits per heavy atom. The molecule has 0 bridgehead atoms. The minimum atomic E-state index is -0.386. The summed E-state index contributed by atoms with van der Waals surface area (Å²) < 4.78 is 1.14. The van der Waals surface area contributed by atoms with Gasteiger partial charge in [-0.2, -0.15) is 5.10 Å². The maximum atomic E-state index is 12.3. The van der Waals surface area contributed by atoms with Crippen molar-refractivity contribution in [3.63, 3.8) is 0 Å². The lowest BCUT2D eigenvalue weighted by molar-refractivity contribution is -0.126. The Bertz CT molecular complexity index is 800. The molecule has 1 fully saturated rings. The Morgan fingerprint density at radius 2 is 1.88 bits per heavy atom. The molecule has 0 unspecified atom stereocenters. The number of hydrogen-bond acceptors (Lipinski definition) is 3. The maximum Gasteiger partial charge on any atom is 0.245 e. The van der Waals surface area contributed by atoms with Gasteiger partial charge in [-0.3, -0.25) is 9.59 Å². The standard InChI is InChI=1S/C19H18IN3O2/c1-13-2-8-17(9-3-13)23-12-15(10-18(23)24)19(25)22-21-11-14-4-6-16(20)7-5-14/h2-9,11,15H,10,12H2,1H3,(H,22,25)/b21-11-/t15-/m1/s1. The van der Waals surface area contributed by atoms with Gasteiger partial charge in [-0.1, -0.05) is 29.8 Å². The topological polar surface area (TPSA) is 61.8 Å². The van der Waals surface area contributed by atoms with Crippen LogP contribution in [0.25, 0.3) is 0 Å². The van der Waals surface area contributed by atoms with E-state index in [0.29, 0.717) is 6.54 Å². The molecule has 1 aliphatic rings. The molecular weight excluding hydrogens is 429 g/mol. The van der Waals surface area contributed by atoms with E-state index in [1.54, 1.807) is 11.1 Å². The van der Waals surface area contributed by atoms with Crippen molar-refractivity contribution >= 4 is 46.3 Å². The number of aryl methyl sites for hydroxylation is 1. The summed E-state index contributed by atoms with van der Waals surface area (Å²) in [6.07, 6.45) is 1.81. The Morgan fingerprint density at radius 1 is 1.20 bits per heavy atom. The number of nitrogens with zero attached hydrogens (tertiary/aromatic N) is 2. The van der Waals surface area contributed by atoms with Crippen molar-refractivity contribution in [2.45, 2.75) is 13.3 Å². The number of hydrazone groups is 1. The molecule has 0 aromatic heterocycles. The average Bonchev–Trinajstić information content (AvgIpc) is 2.99. The fourth-order valence-electron chi connectivity index (χ4n) is 2.67. The first-order valence-electron chi connectivity index (χ1n) is 7.98. The van der Waals surface area contributed by atoms with E-state index in [9.17, 15) is 9.59 Å². The summed E-state index contributed by atoms with van der Waals surface area (Å²) in [6.45, 7) is 2.38. The Kier molecular flexibility index (Phi) is 5.47. The first-order chi connectivity index (χ1) is 12.0. The van der Waals surface area contributed by atoms with Gasteiger partial charge in [-0.15, -0.1) is 0 Å². The summed E-state index contributed by atoms with van der Waals surface area (Å²) in [5.41, 5.74) is 5.41. The van der Waals surface area contributed by atoms with Crippen LogP contribution in [-0.2, 0) is 9.59 Å². The number of rotatable bonds is 4. The second kappa shape index (κ2) is 7.77. The Balaban J connectivity index is 1.59. The first-order valence-corrected chi connectivity index (χ1v) is 9.06. The smallest absolute Gasteiger partial charge is 0.245 e. The monoisotopic (exact) mass is 447 g/mol. The lowest BCUT2D eigenvalue weighted by atomic mass is 10.1. The van der Waals surface area contributed by atoms with E-state index in [2.05, 4.69) is 33.1 Å². The van der Waals surface area contributed by atoms with Crippen molar-refractivity contribution < 1.29 is 9.59 Å². The molecule has 25 heavy (non-hydrogen) atoms. The number of amides is 2. The van der Waals surface area contributed by atoms with Crippen molar-refractivity contribution in [2.24, 2.45) is 11.0 Å². The van der Waals surface area contributed by atoms with Crippen LogP contribution >= 0.6 is 22.6 Å². The van der Waals surface area contributed by atoms with Crippen LogP contribution < -0.4 is 10.3 Å². The third-order valence-corrected chi connectivity index (χ3v) is 4.82. The third-order valence-electron chi connectivity index (χ3n) is 4.10. The number of nitrogens with one attached hydrogen (secondary N) is 1. The predicted molar refractivity (Wildman–Crippen MR) is 107 cm³/mol. The number of halogens is 1. The molecule has 6 heteroatoms. The fraction of sp³-hybridized carbons (Fsp3) is 0.211.